The summed E-state index contributed by atoms with van der Waals surface area (Å²) >= 11 is 0. The molecular weight excluding hydrogens is 262 g/mol. The Kier molecular flexibility index (Phi) is 4.22. The zero-order valence-corrected chi connectivity index (χ0v) is 13.2. The van der Waals surface area contributed by atoms with Gasteiger partial charge in [-0.15, -0.1) is 0 Å². The van der Waals surface area contributed by atoms with Crippen LogP contribution in [0.3, 0.4) is 0 Å². The number of hydrogen-bond donors (Lipinski definition) is 1. The molecule has 1 fully saturated rings. The summed E-state index contributed by atoms with van der Waals surface area (Å²) in [4.78, 5) is 14.1. The minimum atomic E-state index is -0.722. The highest BCUT2D eigenvalue weighted by Gasteiger charge is 2.43. The Balaban J connectivity index is 2.00. The van der Waals surface area contributed by atoms with Crippen LogP contribution >= 0.6 is 0 Å². The Labute approximate surface area is 126 Å². The minimum Gasteiger partial charge on any atom is -0.365 e. The van der Waals surface area contributed by atoms with Crippen molar-refractivity contribution in [2.45, 2.75) is 39.2 Å². The number of carbonyl (C=O) groups is 1. The highest BCUT2D eigenvalue weighted by atomic mass is 16.2. The fraction of sp³-hybridized carbons (Fsp3) is 0.529. The first-order valence-electron chi connectivity index (χ1n) is 7.36. The van der Waals surface area contributed by atoms with Gasteiger partial charge in [-0.1, -0.05) is 6.07 Å². The van der Waals surface area contributed by atoms with Gasteiger partial charge in [-0.2, -0.15) is 5.26 Å². The Morgan fingerprint density at radius 2 is 1.95 bits per heavy atom. The number of amides is 1. The van der Waals surface area contributed by atoms with Gasteiger partial charge in [0.25, 0.3) is 0 Å². The molecule has 1 aliphatic rings. The second-order valence-electron chi connectivity index (χ2n) is 6.34. The quantitative estimate of drug-likeness (QED) is 0.904. The molecule has 4 heteroatoms. The molecule has 1 unspecified atom stereocenters. The van der Waals surface area contributed by atoms with Crippen LogP contribution in [-0.2, 0) is 4.79 Å². The molecule has 1 amide bonds. The standard InChI is InChI=1S/C17H23N3O/c1-12-7-13(2)9-15(8-12)20(4)10-16(21)19-17(3,11-18)14-5-6-14/h7-9,14H,5-6,10H2,1-4H3,(H,19,21). The van der Waals surface area contributed by atoms with Crippen molar-refractivity contribution in [2.24, 2.45) is 5.92 Å². The van der Waals surface area contributed by atoms with Gasteiger partial charge in [0.05, 0.1) is 12.6 Å². The molecule has 1 aliphatic carbocycles. The lowest BCUT2D eigenvalue weighted by Gasteiger charge is -2.26. The average Bonchev–Trinajstić information content (AvgIpc) is 3.21. The predicted molar refractivity (Wildman–Crippen MR) is 84.1 cm³/mol. The molecule has 1 aromatic carbocycles. The van der Waals surface area contributed by atoms with Gasteiger partial charge < -0.3 is 10.2 Å². The molecule has 21 heavy (non-hydrogen) atoms. The molecule has 0 spiro atoms. The largest absolute Gasteiger partial charge is 0.365 e. The van der Waals surface area contributed by atoms with Crippen LogP contribution in [0.2, 0.25) is 0 Å². The van der Waals surface area contributed by atoms with Gasteiger partial charge in [0, 0.05) is 12.7 Å². The van der Waals surface area contributed by atoms with Crippen LogP contribution in [-0.4, -0.2) is 25.0 Å². The van der Waals surface area contributed by atoms with Crippen LogP contribution in [0.4, 0.5) is 5.69 Å². The molecule has 1 N–H and O–H groups in total. The number of carbonyl (C=O) groups excluding carboxylic acids is 1. The Morgan fingerprint density at radius 1 is 1.38 bits per heavy atom. The lowest BCUT2D eigenvalue weighted by molar-refractivity contribution is -0.121. The molecular formula is C17H23N3O. The Bertz CT molecular complexity index is 566. The highest BCUT2D eigenvalue weighted by Crippen LogP contribution is 2.39. The second-order valence-corrected chi connectivity index (χ2v) is 6.34. The third-order valence-corrected chi connectivity index (χ3v) is 4.05. The number of anilines is 1. The monoisotopic (exact) mass is 285 g/mol. The van der Waals surface area contributed by atoms with E-state index in [1.165, 1.54) is 11.1 Å². The minimum absolute atomic E-state index is 0.104. The third kappa shape index (κ3) is 3.75. The van der Waals surface area contributed by atoms with Gasteiger partial charge in [0.2, 0.25) is 5.91 Å². The maximum atomic E-state index is 12.2. The molecule has 0 bridgehead atoms. The van der Waals surface area contributed by atoms with Gasteiger partial charge in [0.1, 0.15) is 5.54 Å². The van der Waals surface area contributed by atoms with Gasteiger partial charge in [-0.3, -0.25) is 4.79 Å². The van der Waals surface area contributed by atoms with Crippen LogP contribution in [0, 0.1) is 31.1 Å². The number of aryl methyl sites for hydroxylation is 2. The van der Waals surface area contributed by atoms with E-state index in [1.54, 1.807) is 0 Å². The van der Waals surface area contributed by atoms with Crippen molar-refractivity contribution in [1.29, 1.82) is 5.26 Å². The van der Waals surface area contributed by atoms with E-state index in [-0.39, 0.29) is 12.5 Å². The van der Waals surface area contributed by atoms with Crippen molar-refractivity contribution < 1.29 is 4.79 Å². The van der Waals surface area contributed by atoms with Crippen molar-refractivity contribution in [2.75, 3.05) is 18.5 Å². The molecule has 4 nitrogen and oxygen atoms in total. The summed E-state index contributed by atoms with van der Waals surface area (Å²) in [6.45, 7) is 6.17. The first kappa shape index (κ1) is 15.4. The number of nitrogens with zero attached hydrogens (tertiary/aromatic N) is 2. The second kappa shape index (κ2) is 5.77. The summed E-state index contributed by atoms with van der Waals surface area (Å²) in [6.07, 6.45) is 2.05. The van der Waals surface area contributed by atoms with Gasteiger partial charge >= 0.3 is 0 Å². The molecule has 0 aromatic heterocycles. The fourth-order valence-electron chi connectivity index (χ4n) is 2.69. The fourth-order valence-corrected chi connectivity index (χ4v) is 2.69. The van der Waals surface area contributed by atoms with E-state index in [2.05, 4.69) is 29.6 Å². The lowest BCUT2D eigenvalue weighted by Crippen LogP contribution is -2.49. The van der Waals surface area contributed by atoms with Crippen LogP contribution in [0.5, 0.6) is 0 Å². The lowest BCUT2D eigenvalue weighted by atomic mass is 9.98. The summed E-state index contributed by atoms with van der Waals surface area (Å²) in [7, 11) is 1.90. The van der Waals surface area contributed by atoms with E-state index in [0.29, 0.717) is 5.92 Å². The summed E-state index contributed by atoms with van der Waals surface area (Å²) in [6, 6.07) is 8.48. The first-order chi connectivity index (χ1) is 9.84. The van der Waals surface area contributed by atoms with Crippen LogP contribution in [0.1, 0.15) is 30.9 Å². The maximum Gasteiger partial charge on any atom is 0.240 e. The molecule has 1 aromatic rings. The summed E-state index contributed by atoms with van der Waals surface area (Å²) in [5.41, 5.74) is 2.66. The van der Waals surface area contributed by atoms with Crippen LogP contribution in [0.15, 0.2) is 18.2 Å². The van der Waals surface area contributed by atoms with E-state index in [1.807, 2.05) is 32.7 Å². The van der Waals surface area contributed by atoms with Gasteiger partial charge in [-0.05, 0) is 62.8 Å². The number of likely N-dealkylation sites (N-methyl/N-ethyl adjacent to an activating group) is 1. The summed E-state index contributed by atoms with van der Waals surface area (Å²) in [5, 5.41) is 12.2. The van der Waals surface area contributed by atoms with Crippen molar-refractivity contribution >= 4 is 11.6 Å². The van der Waals surface area contributed by atoms with Crippen molar-refractivity contribution in [1.82, 2.24) is 5.32 Å². The molecule has 2 rings (SSSR count). The zero-order valence-electron chi connectivity index (χ0n) is 13.2. The van der Waals surface area contributed by atoms with E-state index >= 15 is 0 Å². The smallest absolute Gasteiger partial charge is 0.240 e. The van der Waals surface area contributed by atoms with Gasteiger partial charge in [0.15, 0.2) is 0 Å². The maximum absolute atomic E-state index is 12.2. The first-order valence-corrected chi connectivity index (χ1v) is 7.36. The number of benzene rings is 1. The average molecular weight is 285 g/mol. The number of rotatable bonds is 5. The molecule has 0 heterocycles. The SMILES string of the molecule is Cc1cc(C)cc(N(C)CC(=O)NC(C)(C#N)C2CC2)c1. The van der Waals surface area contributed by atoms with E-state index in [0.717, 1.165) is 18.5 Å². The topological polar surface area (TPSA) is 56.1 Å². The van der Waals surface area contributed by atoms with E-state index in [9.17, 15) is 10.1 Å². The zero-order chi connectivity index (χ0) is 15.6. The van der Waals surface area contributed by atoms with Crippen LogP contribution < -0.4 is 10.2 Å². The normalized spacial score (nSPS) is 16.7. The van der Waals surface area contributed by atoms with Crippen molar-refractivity contribution in [3.63, 3.8) is 0 Å². The summed E-state index contributed by atoms with van der Waals surface area (Å²) < 4.78 is 0. The highest BCUT2D eigenvalue weighted by molar-refractivity contribution is 5.82. The molecule has 0 aliphatic heterocycles. The Hall–Kier alpha value is -2.02. The molecule has 0 saturated heterocycles. The van der Waals surface area contributed by atoms with Crippen LogP contribution in [0.25, 0.3) is 0 Å². The number of nitrogens with one attached hydrogen (secondary N) is 1. The molecule has 112 valence electrons. The number of hydrogen-bond acceptors (Lipinski definition) is 3. The molecule has 0 radical (unpaired) electrons. The third-order valence-electron chi connectivity index (χ3n) is 4.05. The Morgan fingerprint density at radius 3 is 2.43 bits per heavy atom. The molecule has 1 saturated carbocycles. The van der Waals surface area contributed by atoms with E-state index < -0.39 is 5.54 Å². The van der Waals surface area contributed by atoms with Crippen molar-refractivity contribution in [3.8, 4) is 6.07 Å². The van der Waals surface area contributed by atoms with Crippen molar-refractivity contribution in [3.05, 3.63) is 29.3 Å². The van der Waals surface area contributed by atoms with E-state index in [4.69, 9.17) is 0 Å². The number of nitriles is 1. The molecule has 1 atom stereocenters. The predicted octanol–water partition coefficient (Wildman–Crippen LogP) is 2.55. The van der Waals surface area contributed by atoms with Gasteiger partial charge in [-0.25, -0.2) is 0 Å². The summed E-state index contributed by atoms with van der Waals surface area (Å²) in [5.74, 6) is 0.200.